The van der Waals surface area contributed by atoms with Crippen LogP contribution in [-0.2, 0) is 0 Å². The van der Waals surface area contributed by atoms with E-state index in [-0.39, 0.29) is 11.6 Å². The van der Waals surface area contributed by atoms with Crippen LogP contribution in [0.4, 0.5) is 4.39 Å². The molecule has 3 nitrogen and oxygen atoms in total. The summed E-state index contributed by atoms with van der Waals surface area (Å²) in [7, 11) is 0. The van der Waals surface area contributed by atoms with Crippen molar-refractivity contribution in [2.45, 2.75) is 19.9 Å². The number of halogens is 1. The zero-order valence-corrected chi connectivity index (χ0v) is 8.04. The molecular formula is C10H12FNO2. The molecule has 0 aliphatic heterocycles. The Labute approximate surface area is 81.4 Å². The van der Waals surface area contributed by atoms with E-state index in [0.29, 0.717) is 11.1 Å². The molecule has 0 bridgehead atoms. The first-order valence-electron chi connectivity index (χ1n) is 4.22. The van der Waals surface area contributed by atoms with E-state index in [9.17, 15) is 9.18 Å². The maximum Gasteiger partial charge on any atom is 0.338 e. The summed E-state index contributed by atoms with van der Waals surface area (Å²) in [6.07, 6.45) is 0. The molecule has 0 radical (unpaired) electrons. The van der Waals surface area contributed by atoms with E-state index in [0.717, 1.165) is 0 Å². The summed E-state index contributed by atoms with van der Waals surface area (Å²) in [5.74, 6) is -2.00. The van der Waals surface area contributed by atoms with Gasteiger partial charge in [-0.25, -0.2) is 9.18 Å². The van der Waals surface area contributed by atoms with Crippen LogP contribution in [0.2, 0.25) is 0 Å². The van der Waals surface area contributed by atoms with Gasteiger partial charge >= 0.3 is 5.97 Å². The number of aromatic carboxylic acids is 1. The molecule has 0 saturated heterocycles. The minimum Gasteiger partial charge on any atom is -0.478 e. The highest BCUT2D eigenvalue weighted by atomic mass is 19.1. The van der Waals surface area contributed by atoms with Crippen LogP contribution >= 0.6 is 0 Å². The standard InChI is InChI=1S/C10H12FNO2/c1-5-3-8(10(13)14)9(11)4-7(5)6(2)12/h3-4,6H,12H2,1-2H3,(H,13,14)/t6-/m0/s1. The lowest BCUT2D eigenvalue weighted by Crippen LogP contribution is -2.10. The molecule has 14 heavy (non-hydrogen) atoms. The molecule has 0 unspecified atom stereocenters. The molecular weight excluding hydrogens is 185 g/mol. The topological polar surface area (TPSA) is 63.3 Å². The van der Waals surface area contributed by atoms with Crippen LogP contribution in [-0.4, -0.2) is 11.1 Å². The first-order valence-corrected chi connectivity index (χ1v) is 4.22. The Hall–Kier alpha value is -1.42. The van der Waals surface area contributed by atoms with Crippen LogP contribution in [0, 0.1) is 12.7 Å². The van der Waals surface area contributed by atoms with Gasteiger partial charge in [-0.05, 0) is 37.1 Å². The van der Waals surface area contributed by atoms with Gasteiger partial charge < -0.3 is 10.8 Å². The van der Waals surface area contributed by atoms with Crippen molar-refractivity contribution in [3.63, 3.8) is 0 Å². The number of carboxylic acid groups (broad SMARTS) is 1. The van der Waals surface area contributed by atoms with Crippen molar-refractivity contribution in [2.24, 2.45) is 5.73 Å². The smallest absolute Gasteiger partial charge is 0.338 e. The zero-order valence-electron chi connectivity index (χ0n) is 8.04. The van der Waals surface area contributed by atoms with Gasteiger partial charge in [0.2, 0.25) is 0 Å². The zero-order chi connectivity index (χ0) is 10.9. The largest absolute Gasteiger partial charge is 0.478 e. The predicted octanol–water partition coefficient (Wildman–Crippen LogP) is 1.85. The van der Waals surface area contributed by atoms with E-state index in [2.05, 4.69) is 0 Å². The summed E-state index contributed by atoms with van der Waals surface area (Å²) in [4.78, 5) is 10.6. The van der Waals surface area contributed by atoms with Gasteiger partial charge in [-0.3, -0.25) is 0 Å². The van der Waals surface area contributed by atoms with Gasteiger partial charge in [0, 0.05) is 6.04 Å². The Morgan fingerprint density at radius 3 is 2.57 bits per heavy atom. The molecule has 0 aliphatic carbocycles. The quantitative estimate of drug-likeness (QED) is 0.760. The van der Waals surface area contributed by atoms with Crippen molar-refractivity contribution >= 4 is 5.97 Å². The van der Waals surface area contributed by atoms with Crippen molar-refractivity contribution < 1.29 is 14.3 Å². The summed E-state index contributed by atoms with van der Waals surface area (Å²) >= 11 is 0. The Balaban J connectivity index is 3.31. The molecule has 4 heteroatoms. The Morgan fingerprint density at radius 1 is 1.57 bits per heavy atom. The van der Waals surface area contributed by atoms with Gasteiger partial charge in [-0.15, -0.1) is 0 Å². The first kappa shape index (κ1) is 10.7. The van der Waals surface area contributed by atoms with Crippen LogP contribution in [0.15, 0.2) is 12.1 Å². The number of benzene rings is 1. The Kier molecular flexibility index (Phi) is 2.86. The lowest BCUT2D eigenvalue weighted by Gasteiger charge is -2.10. The number of aryl methyl sites for hydroxylation is 1. The van der Waals surface area contributed by atoms with Gasteiger partial charge in [-0.2, -0.15) is 0 Å². The van der Waals surface area contributed by atoms with Crippen LogP contribution in [0.25, 0.3) is 0 Å². The average molecular weight is 197 g/mol. The molecule has 1 atom stereocenters. The van der Waals surface area contributed by atoms with Crippen molar-refractivity contribution in [2.75, 3.05) is 0 Å². The van der Waals surface area contributed by atoms with Crippen LogP contribution in [0.1, 0.15) is 34.5 Å². The van der Waals surface area contributed by atoms with Crippen molar-refractivity contribution in [1.82, 2.24) is 0 Å². The van der Waals surface area contributed by atoms with Crippen molar-refractivity contribution in [3.05, 3.63) is 34.6 Å². The van der Waals surface area contributed by atoms with Crippen LogP contribution in [0.3, 0.4) is 0 Å². The lowest BCUT2D eigenvalue weighted by molar-refractivity contribution is 0.0691. The maximum absolute atomic E-state index is 13.2. The maximum atomic E-state index is 13.2. The van der Waals surface area contributed by atoms with Gasteiger partial charge in [0.25, 0.3) is 0 Å². The van der Waals surface area contributed by atoms with E-state index in [1.807, 2.05) is 0 Å². The number of rotatable bonds is 2. The van der Waals surface area contributed by atoms with Gasteiger partial charge in [0.1, 0.15) is 5.82 Å². The molecule has 76 valence electrons. The first-order chi connectivity index (χ1) is 6.43. The molecule has 0 spiro atoms. The van der Waals surface area contributed by atoms with Crippen molar-refractivity contribution in [1.29, 1.82) is 0 Å². The highest BCUT2D eigenvalue weighted by molar-refractivity contribution is 5.88. The van der Waals surface area contributed by atoms with Gasteiger partial charge in [0.05, 0.1) is 5.56 Å². The number of nitrogens with two attached hydrogens (primary N) is 1. The van der Waals surface area contributed by atoms with E-state index >= 15 is 0 Å². The molecule has 0 saturated carbocycles. The minimum atomic E-state index is -1.26. The predicted molar refractivity (Wildman–Crippen MR) is 50.7 cm³/mol. The average Bonchev–Trinajstić information content (AvgIpc) is 2.07. The van der Waals surface area contributed by atoms with E-state index < -0.39 is 11.8 Å². The fourth-order valence-corrected chi connectivity index (χ4v) is 1.35. The van der Waals surface area contributed by atoms with E-state index in [1.54, 1.807) is 13.8 Å². The Morgan fingerprint density at radius 2 is 2.14 bits per heavy atom. The Bertz CT molecular complexity index is 375. The van der Waals surface area contributed by atoms with E-state index in [4.69, 9.17) is 10.8 Å². The summed E-state index contributed by atoms with van der Waals surface area (Å²) < 4.78 is 13.2. The molecule has 1 rings (SSSR count). The summed E-state index contributed by atoms with van der Waals surface area (Å²) in [6.45, 7) is 3.44. The SMILES string of the molecule is Cc1cc(C(=O)O)c(F)cc1[C@H](C)N. The van der Waals surface area contributed by atoms with Crippen molar-refractivity contribution in [3.8, 4) is 0 Å². The monoisotopic (exact) mass is 197 g/mol. The highest BCUT2D eigenvalue weighted by Gasteiger charge is 2.14. The summed E-state index contributed by atoms with van der Waals surface area (Å²) in [5.41, 5.74) is 6.61. The second-order valence-electron chi connectivity index (χ2n) is 3.28. The molecule has 0 amide bonds. The molecule has 0 fully saturated rings. The van der Waals surface area contributed by atoms with E-state index in [1.165, 1.54) is 12.1 Å². The fraction of sp³-hybridized carbons (Fsp3) is 0.300. The number of hydrogen-bond acceptors (Lipinski definition) is 2. The third-order valence-corrected chi connectivity index (χ3v) is 2.08. The molecule has 1 aromatic carbocycles. The molecule has 0 aliphatic rings. The lowest BCUT2D eigenvalue weighted by atomic mass is 10.00. The molecule has 1 aromatic rings. The van der Waals surface area contributed by atoms with Crippen LogP contribution < -0.4 is 5.73 Å². The second-order valence-corrected chi connectivity index (χ2v) is 3.28. The number of hydrogen-bond donors (Lipinski definition) is 2. The second kappa shape index (κ2) is 3.75. The third kappa shape index (κ3) is 1.90. The van der Waals surface area contributed by atoms with Gasteiger partial charge in [-0.1, -0.05) is 0 Å². The number of carboxylic acids is 1. The summed E-state index contributed by atoms with van der Waals surface area (Å²) in [5, 5.41) is 8.65. The van der Waals surface area contributed by atoms with Crippen LogP contribution in [0.5, 0.6) is 0 Å². The summed E-state index contributed by atoms with van der Waals surface area (Å²) in [6, 6.07) is 2.19. The fourth-order valence-electron chi connectivity index (χ4n) is 1.35. The minimum absolute atomic E-state index is 0.299. The number of carbonyl (C=O) groups is 1. The highest BCUT2D eigenvalue weighted by Crippen LogP contribution is 2.19. The molecule has 0 aromatic heterocycles. The normalized spacial score (nSPS) is 12.6. The molecule has 0 heterocycles. The van der Waals surface area contributed by atoms with Gasteiger partial charge in [0.15, 0.2) is 0 Å². The molecule has 3 N–H and O–H groups in total. The third-order valence-electron chi connectivity index (χ3n) is 2.08.